The third kappa shape index (κ3) is 1.58. The average molecular weight is 231 g/mol. The van der Waals surface area contributed by atoms with E-state index in [4.69, 9.17) is 0 Å². The molecule has 1 N–H and O–H groups in total. The van der Waals surface area contributed by atoms with Gasteiger partial charge in [0, 0.05) is 13.2 Å². The van der Waals surface area contributed by atoms with Crippen molar-refractivity contribution in [3.8, 4) is 0 Å². The van der Waals surface area contributed by atoms with Crippen molar-refractivity contribution in [3.63, 3.8) is 0 Å². The SMILES string of the molecule is CNc1cc(CN2C(=O)C3CC3C2=O)ccn1. The van der Waals surface area contributed by atoms with Crippen LogP contribution in [0.15, 0.2) is 18.3 Å². The number of anilines is 1. The second kappa shape index (κ2) is 3.55. The van der Waals surface area contributed by atoms with Crippen LogP contribution < -0.4 is 5.32 Å². The molecule has 0 radical (unpaired) electrons. The molecule has 1 saturated heterocycles. The molecule has 5 nitrogen and oxygen atoms in total. The van der Waals surface area contributed by atoms with Crippen molar-refractivity contribution < 1.29 is 9.59 Å². The third-order valence-electron chi connectivity index (χ3n) is 3.38. The van der Waals surface area contributed by atoms with Gasteiger partial charge in [-0.25, -0.2) is 4.98 Å². The van der Waals surface area contributed by atoms with Crippen molar-refractivity contribution >= 4 is 17.6 Å². The van der Waals surface area contributed by atoms with Gasteiger partial charge < -0.3 is 5.32 Å². The first kappa shape index (κ1) is 10.3. The lowest BCUT2D eigenvalue weighted by molar-refractivity contribution is -0.142. The fourth-order valence-electron chi connectivity index (χ4n) is 2.30. The largest absolute Gasteiger partial charge is 0.373 e. The normalized spacial score (nSPS) is 26.1. The van der Waals surface area contributed by atoms with Gasteiger partial charge in [-0.3, -0.25) is 14.5 Å². The Kier molecular flexibility index (Phi) is 2.14. The van der Waals surface area contributed by atoms with E-state index in [2.05, 4.69) is 10.3 Å². The number of carbonyl (C=O) groups excluding carboxylic acids is 2. The molecule has 88 valence electrons. The van der Waals surface area contributed by atoms with Gasteiger partial charge in [0.05, 0.1) is 18.4 Å². The third-order valence-corrected chi connectivity index (χ3v) is 3.38. The number of pyridine rings is 1. The molecule has 1 aromatic heterocycles. The Morgan fingerprint density at radius 2 is 2.12 bits per heavy atom. The van der Waals surface area contributed by atoms with Crippen LogP contribution in [0, 0.1) is 11.8 Å². The van der Waals surface area contributed by atoms with Crippen molar-refractivity contribution in [3.05, 3.63) is 23.9 Å². The first-order valence-electron chi connectivity index (χ1n) is 5.68. The quantitative estimate of drug-likeness (QED) is 0.775. The number of amides is 2. The molecule has 2 fully saturated rings. The van der Waals surface area contributed by atoms with Gasteiger partial charge in [0.15, 0.2) is 0 Å². The van der Waals surface area contributed by atoms with Crippen LogP contribution in [0.25, 0.3) is 0 Å². The lowest BCUT2D eigenvalue weighted by atomic mass is 10.2. The van der Waals surface area contributed by atoms with E-state index in [1.807, 2.05) is 12.1 Å². The second-order valence-electron chi connectivity index (χ2n) is 4.51. The van der Waals surface area contributed by atoms with Crippen molar-refractivity contribution in [2.75, 3.05) is 12.4 Å². The number of likely N-dealkylation sites (tertiary alicyclic amines) is 1. The van der Waals surface area contributed by atoms with Gasteiger partial charge in [-0.15, -0.1) is 0 Å². The summed E-state index contributed by atoms with van der Waals surface area (Å²) in [6, 6.07) is 3.68. The monoisotopic (exact) mass is 231 g/mol. The Labute approximate surface area is 98.8 Å². The van der Waals surface area contributed by atoms with Crippen molar-refractivity contribution in [1.29, 1.82) is 0 Å². The van der Waals surface area contributed by atoms with E-state index in [1.54, 1.807) is 13.2 Å². The van der Waals surface area contributed by atoms with Gasteiger partial charge in [0.25, 0.3) is 0 Å². The van der Waals surface area contributed by atoms with Gasteiger partial charge in [0.2, 0.25) is 11.8 Å². The highest BCUT2D eigenvalue weighted by Crippen LogP contribution is 2.47. The Bertz CT molecular complexity index is 480. The van der Waals surface area contributed by atoms with Crippen LogP contribution in [0.3, 0.4) is 0 Å². The Morgan fingerprint density at radius 1 is 1.41 bits per heavy atom. The molecular formula is C12H13N3O2. The molecule has 3 rings (SSSR count). The summed E-state index contributed by atoms with van der Waals surface area (Å²) in [5, 5.41) is 2.93. The number of fused-ring (bicyclic) bond motifs is 1. The van der Waals surface area contributed by atoms with E-state index in [1.165, 1.54) is 4.90 Å². The summed E-state index contributed by atoms with van der Waals surface area (Å²) >= 11 is 0. The number of aromatic nitrogens is 1. The fourth-order valence-corrected chi connectivity index (χ4v) is 2.30. The zero-order valence-corrected chi connectivity index (χ0v) is 9.51. The van der Waals surface area contributed by atoms with Crippen LogP contribution in [0.5, 0.6) is 0 Å². The Morgan fingerprint density at radius 3 is 2.76 bits per heavy atom. The summed E-state index contributed by atoms with van der Waals surface area (Å²) < 4.78 is 0. The number of nitrogens with one attached hydrogen (secondary N) is 1. The first-order valence-corrected chi connectivity index (χ1v) is 5.68. The molecule has 2 atom stereocenters. The lowest BCUT2D eigenvalue weighted by Crippen LogP contribution is -2.32. The summed E-state index contributed by atoms with van der Waals surface area (Å²) in [5.41, 5.74) is 0.923. The number of nitrogens with zero attached hydrogens (tertiary/aromatic N) is 2. The van der Waals surface area contributed by atoms with Crippen molar-refractivity contribution in [1.82, 2.24) is 9.88 Å². The van der Waals surface area contributed by atoms with Gasteiger partial charge >= 0.3 is 0 Å². The predicted octanol–water partition coefficient (Wildman–Crippen LogP) is 0.628. The topological polar surface area (TPSA) is 62.3 Å². The highest BCUT2D eigenvalue weighted by molar-refractivity contribution is 6.08. The maximum absolute atomic E-state index is 11.8. The molecule has 1 aliphatic carbocycles. The highest BCUT2D eigenvalue weighted by atomic mass is 16.2. The average Bonchev–Trinajstić information content (AvgIpc) is 3.10. The smallest absolute Gasteiger partial charge is 0.233 e. The zero-order valence-electron chi connectivity index (χ0n) is 9.51. The fraction of sp³-hybridized carbons (Fsp3) is 0.417. The Balaban J connectivity index is 1.78. The van der Waals surface area contributed by atoms with Gasteiger partial charge in [-0.05, 0) is 24.1 Å². The van der Waals surface area contributed by atoms with E-state index >= 15 is 0 Å². The zero-order chi connectivity index (χ0) is 12.0. The molecule has 1 aliphatic heterocycles. The first-order chi connectivity index (χ1) is 8.20. The molecule has 2 heterocycles. The summed E-state index contributed by atoms with van der Waals surface area (Å²) in [4.78, 5) is 29.0. The maximum Gasteiger partial charge on any atom is 0.233 e. The van der Waals surface area contributed by atoms with Gasteiger partial charge in [-0.1, -0.05) is 0 Å². The van der Waals surface area contributed by atoms with Crippen LogP contribution in [-0.2, 0) is 16.1 Å². The predicted molar refractivity (Wildman–Crippen MR) is 60.9 cm³/mol. The van der Waals surface area contributed by atoms with Gasteiger partial charge in [0.1, 0.15) is 5.82 Å². The number of rotatable bonds is 3. The molecule has 0 spiro atoms. The highest BCUT2D eigenvalue weighted by Gasteiger charge is 2.58. The summed E-state index contributed by atoms with van der Waals surface area (Å²) in [5.74, 6) is 0.679. The standard InChI is InChI=1S/C12H13N3O2/c1-13-10-4-7(2-3-14-10)6-15-11(16)8-5-9(8)12(15)17/h2-4,8-9H,5-6H2,1H3,(H,13,14). The number of hydrogen-bond donors (Lipinski definition) is 1. The molecule has 17 heavy (non-hydrogen) atoms. The van der Waals surface area contributed by atoms with Crippen LogP contribution >= 0.6 is 0 Å². The van der Waals surface area contributed by atoms with Gasteiger partial charge in [-0.2, -0.15) is 0 Å². The van der Waals surface area contributed by atoms with Crippen LogP contribution in [-0.4, -0.2) is 28.7 Å². The number of piperidine rings is 1. The van der Waals surface area contributed by atoms with E-state index in [0.29, 0.717) is 6.54 Å². The molecule has 0 aromatic carbocycles. The molecule has 1 saturated carbocycles. The van der Waals surface area contributed by atoms with Crippen molar-refractivity contribution in [2.24, 2.45) is 11.8 Å². The lowest BCUT2D eigenvalue weighted by Gasteiger charge is -2.16. The molecule has 2 amide bonds. The molecule has 1 aromatic rings. The molecule has 2 unspecified atom stereocenters. The van der Waals surface area contributed by atoms with Crippen molar-refractivity contribution in [2.45, 2.75) is 13.0 Å². The van der Waals surface area contributed by atoms with Crippen LogP contribution in [0.4, 0.5) is 5.82 Å². The number of imide groups is 1. The molecule has 0 bridgehead atoms. The van der Waals surface area contributed by atoms with E-state index in [0.717, 1.165) is 17.8 Å². The summed E-state index contributed by atoms with van der Waals surface area (Å²) in [7, 11) is 1.79. The summed E-state index contributed by atoms with van der Waals surface area (Å²) in [6.07, 6.45) is 2.43. The molecule has 5 heteroatoms. The van der Waals surface area contributed by atoms with E-state index in [9.17, 15) is 9.59 Å². The minimum absolute atomic E-state index is 0.0113. The summed E-state index contributed by atoms with van der Waals surface area (Å²) in [6.45, 7) is 0.363. The minimum Gasteiger partial charge on any atom is -0.373 e. The minimum atomic E-state index is -0.0203. The molecule has 2 aliphatic rings. The van der Waals surface area contributed by atoms with E-state index < -0.39 is 0 Å². The second-order valence-corrected chi connectivity index (χ2v) is 4.51. The number of hydrogen-bond acceptors (Lipinski definition) is 4. The maximum atomic E-state index is 11.8. The van der Waals surface area contributed by atoms with E-state index in [-0.39, 0.29) is 23.7 Å². The van der Waals surface area contributed by atoms with Crippen LogP contribution in [0.2, 0.25) is 0 Å². The number of carbonyl (C=O) groups is 2. The van der Waals surface area contributed by atoms with Crippen LogP contribution in [0.1, 0.15) is 12.0 Å². The molecular weight excluding hydrogens is 218 g/mol. The Hall–Kier alpha value is -1.91.